The van der Waals surface area contributed by atoms with E-state index in [9.17, 15) is 4.79 Å². The summed E-state index contributed by atoms with van der Waals surface area (Å²) in [5.41, 5.74) is 0. The highest BCUT2D eigenvalue weighted by Crippen LogP contribution is 2.25. The summed E-state index contributed by atoms with van der Waals surface area (Å²) in [6.07, 6.45) is 0. The monoisotopic (exact) mass is 249 g/mol. The topological polar surface area (TPSA) is 40.5 Å². The van der Waals surface area contributed by atoms with Gasteiger partial charge in [0.25, 0.3) is 3.79 Å². The van der Waals surface area contributed by atoms with Gasteiger partial charge in [-0.15, -0.1) is 0 Å². The van der Waals surface area contributed by atoms with Crippen LogP contribution in [-0.2, 0) is 4.79 Å². The number of hydrogen-bond donors (Lipinski definition) is 1. The lowest BCUT2D eigenvalue weighted by Gasteiger charge is -2.12. The summed E-state index contributed by atoms with van der Waals surface area (Å²) in [6.45, 7) is 4.33. The molecule has 0 aliphatic carbocycles. The molecule has 0 aliphatic rings. The molecule has 6 heteroatoms. The number of carbonyl (C=O) groups is 1. The van der Waals surface area contributed by atoms with Gasteiger partial charge in [0.05, 0.1) is 0 Å². The minimum absolute atomic E-state index is 0.685. The van der Waals surface area contributed by atoms with Crippen LogP contribution >= 0.6 is 34.8 Å². The molecular weight excluding hydrogens is 236 g/mol. The van der Waals surface area contributed by atoms with E-state index in [1.165, 1.54) is 0 Å². The molecule has 0 saturated carbocycles. The van der Waals surface area contributed by atoms with Gasteiger partial charge in [0.1, 0.15) is 0 Å². The van der Waals surface area contributed by atoms with Gasteiger partial charge < -0.3 is 10.0 Å². The summed E-state index contributed by atoms with van der Waals surface area (Å²) in [5.74, 6) is -1.46. The van der Waals surface area contributed by atoms with Crippen LogP contribution in [0, 0.1) is 0 Å². The van der Waals surface area contributed by atoms with Crippen LogP contribution in [0.2, 0.25) is 0 Å². The average molecular weight is 251 g/mol. The minimum atomic E-state index is -2.17. The molecule has 0 aromatic rings. The molecule has 0 radical (unpaired) electrons. The molecule has 0 spiro atoms. The highest BCUT2D eigenvalue weighted by atomic mass is 35.6. The van der Waals surface area contributed by atoms with Crippen molar-refractivity contribution in [2.75, 3.05) is 14.1 Å². The molecule has 0 amide bonds. The quantitative estimate of drug-likeness (QED) is 0.727. The van der Waals surface area contributed by atoms with Gasteiger partial charge in [0.15, 0.2) is 0 Å². The van der Waals surface area contributed by atoms with E-state index in [0.717, 1.165) is 0 Å². The van der Waals surface area contributed by atoms with E-state index in [0.29, 0.717) is 6.04 Å². The van der Waals surface area contributed by atoms with Crippen molar-refractivity contribution >= 4 is 40.8 Å². The maximum absolute atomic E-state index is 9.62. The summed E-state index contributed by atoms with van der Waals surface area (Å²) >= 11 is 14.4. The number of carboxylic acid groups (broad SMARTS) is 1. The Labute approximate surface area is 93.6 Å². The Morgan fingerprint density at radius 1 is 1.31 bits per heavy atom. The number of rotatable bonds is 1. The van der Waals surface area contributed by atoms with Crippen LogP contribution in [0.5, 0.6) is 0 Å². The van der Waals surface area contributed by atoms with Crippen molar-refractivity contribution in [3.8, 4) is 0 Å². The predicted octanol–water partition coefficient (Wildman–Crippen LogP) is 2.40. The van der Waals surface area contributed by atoms with Gasteiger partial charge in [0, 0.05) is 6.04 Å². The van der Waals surface area contributed by atoms with E-state index >= 15 is 0 Å². The molecule has 0 fully saturated rings. The van der Waals surface area contributed by atoms with Gasteiger partial charge >= 0.3 is 5.97 Å². The van der Waals surface area contributed by atoms with E-state index < -0.39 is 9.76 Å². The molecule has 0 aliphatic heterocycles. The fraction of sp³-hybridized carbons (Fsp3) is 0.857. The second-order valence-electron chi connectivity index (χ2n) is 2.86. The highest BCUT2D eigenvalue weighted by Gasteiger charge is 2.29. The van der Waals surface area contributed by atoms with Crippen LogP contribution in [-0.4, -0.2) is 39.9 Å². The van der Waals surface area contributed by atoms with Crippen molar-refractivity contribution in [2.45, 2.75) is 23.7 Å². The standard InChI is InChI=1S/C5H13N.C2HCl3O2/c1-5(2)6(3)4;3-2(4,5)1(6)7/h5H,1-4H3;(H,6,7). The zero-order chi connectivity index (χ0) is 11.2. The molecule has 3 nitrogen and oxygen atoms in total. The third-order valence-corrected chi connectivity index (χ3v) is 1.76. The first-order valence-electron chi connectivity index (χ1n) is 3.55. The second-order valence-corrected chi connectivity index (χ2v) is 5.14. The molecule has 13 heavy (non-hydrogen) atoms. The van der Waals surface area contributed by atoms with Crippen molar-refractivity contribution in [3.63, 3.8) is 0 Å². The molecule has 0 aromatic carbocycles. The van der Waals surface area contributed by atoms with Crippen LogP contribution in [0.1, 0.15) is 13.8 Å². The van der Waals surface area contributed by atoms with E-state index in [1.54, 1.807) is 0 Å². The smallest absolute Gasteiger partial charge is 0.356 e. The van der Waals surface area contributed by atoms with Crippen molar-refractivity contribution in [1.29, 1.82) is 0 Å². The van der Waals surface area contributed by atoms with Crippen LogP contribution in [0.3, 0.4) is 0 Å². The Kier molecular flexibility index (Phi) is 8.13. The molecular formula is C7H14Cl3NO2. The number of nitrogens with zero attached hydrogens (tertiary/aromatic N) is 1. The van der Waals surface area contributed by atoms with Crippen molar-refractivity contribution in [3.05, 3.63) is 0 Å². The molecule has 1 N–H and O–H groups in total. The Morgan fingerprint density at radius 3 is 1.46 bits per heavy atom. The van der Waals surface area contributed by atoms with E-state index in [2.05, 4.69) is 32.8 Å². The molecule has 0 atom stereocenters. The van der Waals surface area contributed by atoms with Gasteiger partial charge in [-0.05, 0) is 27.9 Å². The summed E-state index contributed by atoms with van der Waals surface area (Å²) < 4.78 is -2.17. The Bertz CT molecular complexity index is 148. The second kappa shape index (κ2) is 6.71. The Hall–Kier alpha value is 0.300. The van der Waals surface area contributed by atoms with Crippen LogP contribution in [0.4, 0.5) is 0 Å². The number of halogens is 3. The number of carboxylic acids is 1. The number of alkyl halides is 3. The SMILES string of the molecule is CC(C)N(C)C.O=C(O)C(Cl)(Cl)Cl. The fourth-order valence-electron chi connectivity index (χ4n) is 0. The molecule has 0 bridgehead atoms. The van der Waals surface area contributed by atoms with Gasteiger partial charge in [-0.25, -0.2) is 4.79 Å². The van der Waals surface area contributed by atoms with E-state index in [4.69, 9.17) is 39.9 Å². The first kappa shape index (κ1) is 15.8. The van der Waals surface area contributed by atoms with Gasteiger partial charge in [-0.2, -0.15) is 0 Å². The summed E-state index contributed by atoms with van der Waals surface area (Å²) in [5, 5.41) is 7.85. The zero-order valence-electron chi connectivity index (χ0n) is 8.01. The third-order valence-electron chi connectivity index (χ3n) is 1.28. The Morgan fingerprint density at radius 2 is 1.46 bits per heavy atom. The van der Waals surface area contributed by atoms with Gasteiger partial charge in [-0.1, -0.05) is 34.8 Å². The van der Waals surface area contributed by atoms with Gasteiger partial charge in [-0.3, -0.25) is 0 Å². The highest BCUT2D eigenvalue weighted by molar-refractivity contribution is 6.75. The molecule has 0 aromatic heterocycles. The van der Waals surface area contributed by atoms with Crippen LogP contribution in [0.15, 0.2) is 0 Å². The molecule has 0 unspecified atom stereocenters. The van der Waals surface area contributed by atoms with E-state index in [1.807, 2.05) is 0 Å². The summed E-state index contributed by atoms with van der Waals surface area (Å²) in [4.78, 5) is 11.8. The lowest BCUT2D eigenvalue weighted by Crippen LogP contribution is -2.20. The normalized spacial score (nSPS) is 11.2. The third kappa shape index (κ3) is 12.3. The first-order valence-corrected chi connectivity index (χ1v) is 4.69. The largest absolute Gasteiger partial charge is 0.478 e. The Balaban J connectivity index is 0. The molecule has 0 saturated heterocycles. The number of hydrogen-bond acceptors (Lipinski definition) is 2. The van der Waals surface area contributed by atoms with Crippen molar-refractivity contribution in [2.24, 2.45) is 0 Å². The maximum atomic E-state index is 9.62. The van der Waals surface area contributed by atoms with Crippen LogP contribution in [0.25, 0.3) is 0 Å². The predicted molar refractivity (Wildman–Crippen MR) is 56.7 cm³/mol. The van der Waals surface area contributed by atoms with Gasteiger partial charge in [0.2, 0.25) is 0 Å². The molecule has 0 rings (SSSR count). The summed E-state index contributed by atoms with van der Waals surface area (Å²) in [7, 11) is 4.15. The van der Waals surface area contributed by atoms with E-state index in [-0.39, 0.29) is 0 Å². The number of aliphatic carboxylic acids is 1. The fourth-order valence-corrected chi connectivity index (χ4v) is 0. The summed E-state index contributed by atoms with van der Waals surface area (Å²) in [6, 6.07) is 0.685. The zero-order valence-corrected chi connectivity index (χ0v) is 10.3. The molecule has 0 heterocycles. The van der Waals surface area contributed by atoms with Crippen molar-refractivity contribution < 1.29 is 9.90 Å². The average Bonchev–Trinajstić information content (AvgIpc) is 1.86. The van der Waals surface area contributed by atoms with Crippen molar-refractivity contribution in [1.82, 2.24) is 4.90 Å². The van der Waals surface area contributed by atoms with Crippen LogP contribution < -0.4 is 0 Å². The lowest BCUT2D eigenvalue weighted by atomic mass is 10.4. The first-order chi connectivity index (χ1) is 5.59. The lowest BCUT2D eigenvalue weighted by molar-refractivity contribution is -0.135. The minimum Gasteiger partial charge on any atom is -0.478 e. The maximum Gasteiger partial charge on any atom is 0.356 e. The molecule has 80 valence electrons.